The second-order valence-electron chi connectivity index (χ2n) is 12.5. The second-order valence-corrected chi connectivity index (χ2v) is 13.8. The van der Waals surface area contributed by atoms with Gasteiger partial charge < -0.3 is 15.3 Å². The number of aromatic nitrogens is 2. The molecule has 2 aliphatic rings. The molecule has 0 amide bonds. The summed E-state index contributed by atoms with van der Waals surface area (Å²) in [7, 11) is 0. The molecule has 0 spiro atoms. The number of anilines is 2. The van der Waals surface area contributed by atoms with E-state index in [4.69, 9.17) is 10.8 Å². The molecule has 0 bridgehead atoms. The Kier molecular flexibility index (Phi) is 9.26. The number of hydrogen-bond donors (Lipinski definition) is 3. The van der Waals surface area contributed by atoms with Gasteiger partial charge >= 0.3 is 0 Å². The SMILES string of the molecule is CCNc1ccc([C@H](c2cc(Cn3ccnc3CN3CCC(CC)CC3)c(C)s2)C(C)(C)C(=O)C2=C[CH]2)c(C)c1NN.[HH]. The van der Waals surface area contributed by atoms with E-state index in [1.807, 2.05) is 18.7 Å². The lowest BCUT2D eigenvalue weighted by Crippen LogP contribution is -2.34. The predicted octanol–water partition coefficient (Wildman–Crippen LogP) is 7.07. The number of nitrogen functional groups attached to an aromatic ring is 1. The minimum Gasteiger partial charge on any atom is -0.384 e. The fourth-order valence-electron chi connectivity index (χ4n) is 6.57. The van der Waals surface area contributed by atoms with Gasteiger partial charge in [0.25, 0.3) is 0 Å². The van der Waals surface area contributed by atoms with Crippen molar-refractivity contribution in [1.82, 2.24) is 14.5 Å². The highest BCUT2D eigenvalue weighted by Crippen LogP contribution is 2.49. The van der Waals surface area contributed by atoms with E-state index in [9.17, 15) is 4.79 Å². The van der Waals surface area contributed by atoms with E-state index < -0.39 is 5.41 Å². The Labute approximate surface area is 257 Å². The molecule has 4 N–H and O–H groups in total. The van der Waals surface area contributed by atoms with Gasteiger partial charge in [0, 0.05) is 60.0 Å². The first-order chi connectivity index (χ1) is 20.2. The van der Waals surface area contributed by atoms with Crippen LogP contribution in [0.3, 0.4) is 0 Å². The average Bonchev–Trinajstić information content (AvgIpc) is 3.64. The number of likely N-dealkylation sites (tertiary alicyclic amines) is 1. The van der Waals surface area contributed by atoms with E-state index >= 15 is 0 Å². The van der Waals surface area contributed by atoms with Gasteiger partial charge in [-0.05, 0) is 81.4 Å². The van der Waals surface area contributed by atoms with E-state index in [0.29, 0.717) is 0 Å². The van der Waals surface area contributed by atoms with E-state index in [0.717, 1.165) is 72.5 Å². The zero-order valence-corrected chi connectivity index (χ0v) is 26.9. The van der Waals surface area contributed by atoms with Gasteiger partial charge in [0.1, 0.15) is 5.82 Å². The van der Waals surface area contributed by atoms with E-state index in [1.54, 1.807) is 11.3 Å². The first-order valence-electron chi connectivity index (χ1n) is 15.4. The molecule has 1 saturated heterocycles. The number of piperidine rings is 1. The largest absolute Gasteiger partial charge is 0.384 e. The predicted molar refractivity (Wildman–Crippen MR) is 177 cm³/mol. The third-order valence-corrected chi connectivity index (χ3v) is 10.5. The molecule has 3 heterocycles. The number of imidazole rings is 1. The molecule has 5 rings (SSSR count). The van der Waals surface area contributed by atoms with Gasteiger partial charge in [-0.1, -0.05) is 39.3 Å². The van der Waals surface area contributed by atoms with Crippen LogP contribution in [-0.2, 0) is 17.9 Å². The Morgan fingerprint density at radius 2 is 1.95 bits per heavy atom. The van der Waals surface area contributed by atoms with Crippen LogP contribution in [0.25, 0.3) is 0 Å². The molecule has 2 aromatic heterocycles. The number of Topliss-reactive ketones (excluding diaryl/α,β-unsaturated/α-hetero) is 1. The average molecular weight is 590 g/mol. The Morgan fingerprint density at radius 3 is 2.60 bits per heavy atom. The van der Waals surface area contributed by atoms with Gasteiger partial charge in [-0.2, -0.15) is 0 Å². The molecule has 3 aromatic rings. The minimum absolute atomic E-state index is 0. The monoisotopic (exact) mass is 589 g/mol. The number of carbonyl (C=O) groups excluding carboxylic acids is 1. The second kappa shape index (κ2) is 12.7. The van der Waals surface area contributed by atoms with Crippen LogP contribution >= 0.6 is 11.3 Å². The third-order valence-electron chi connectivity index (χ3n) is 9.35. The number of nitrogens with one attached hydrogen (secondary N) is 2. The number of aryl methyl sites for hydroxylation is 1. The molecule has 1 radical (unpaired) electrons. The number of rotatable bonds is 13. The molecule has 0 unspecified atom stereocenters. The summed E-state index contributed by atoms with van der Waals surface area (Å²) in [5.74, 6) is 8.08. The van der Waals surface area contributed by atoms with Crippen LogP contribution in [0, 0.1) is 31.6 Å². The first kappa shape index (κ1) is 30.5. The van der Waals surface area contributed by atoms with Crippen LogP contribution in [-0.4, -0.2) is 39.9 Å². The number of thiophene rings is 1. The molecule has 7 nitrogen and oxygen atoms in total. The van der Waals surface area contributed by atoms with Gasteiger partial charge in [0.2, 0.25) is 0 Å². The number of allylic oxidation sites excluding steroid dienone is 2. The summed E-state index contributed by atoms with van der Waals surface area (Å²) in [5, 5.41) is 3.41. The summed E-state index contributed by atoms with van der Waals surface area (Å²) < 4.78 is 2.30. The fourth-order valence-corrected chi connectivity index (χ4v) is 7.92. The Bertz CT molecular complexity index is 1450. The van der Waals surface area contributed by atoms with Crippen molar-refractivity contribution in [2.45, 2.75) is 79.8 Å². The summed E-state index contributed by atoms with van der Waals surface area (Å²) in [6.07, 6.45) is 11.7. The van der Waals surface area contributed by atoms with Crippen molar-refractivity contribution >= 4 is 28.5 Å². The first-order valence-corrected chi connectivity index (χ1v) is 16.2. The fraction of sp³-hybridized carbons (Fsp3) is 0.500. The molecule has 42 heavy (non-hydrogen) atoms. The van der Waals surface area contributed by atoms with Crippen molar-refractivity contribution in [1.29, 1.82) is 0 Å². The quantitative estimate of drug-likeness (QED) is 0.146. The Balaban J connectivity index is 0.00000423. The zero-order chi connectivity index (χ0) is 30.0. The molecule has 227 valence electrons. The van der Waals surface area contributed by atoms with Crippen LogP contribution in [0.5, 0.6) is 0 Å². The normalized spacial score (nSPS) is 16.8. The lowest BCUT2D eigenvalue weighted by molar-refractivity contribution is -0.123. The molecule has 1 atom stereocenters. The number of carbonyl (C=O) groups is 1. The third kappa shape index (κ3) is 6.21. The summed E-state index contributed by atoms with van der Waals surface area (Å²) >= 11 is 1.80. The summed E-state index contributed by atoms with van der Waals surface area (Å²) in [6, 6.07) is 6.58. The molecular weight excluding hydrogens is 540 g/mol. The van der Waals surface area contributed by atoms with Crippen LogP contribution in [0.15, 0.2) is 42.2 Å². The van der Waals surface area contributed by atoms with Crippen molar-refractivity contribution in [2.75, 3.05) is 30.4 Å². The Hall–Kier alpha value is -2.94. The topological polar surface area (TPSA) is 88.2 Å². The van der Waals surface area contributed by atoms with Gasteiger partial charge in [-0.25, -0.2) is 4.98 Å². The Morgan fingerprint density at radius 1 is 1.21 bits per heavy atom. The minimum atomic E-state index is -0.644. The molecule has 1 aromatic carbocycles. The van der Waals surface area contributed by atoms with Gasteiger partial charge in [-0.15, -0.1) is 11.3 Å². The van der Waals surface area contributed by atoms with Gasteiger partial charge in [0.15, 0.2) is 5.78 Å². The van der Waals surface area contributed by atoms with Crippen LogP contribution in [0.2, 0.25) is 0 Å². The highest BCUT2D eigenvalue weighted by atomic mass is 32.1. The van der Waals surface area contributed by atoms with E-state index in [1.165, 1.54) is 34.6 Å². The van der Waals surface area contributed by atoms with E-state index in [-0.39, 0.29) is 13.1 Å². The maximum absolute atomic E-state index is 13.7. The van der Waals surface area contributed by atoms with Gasteiger partial charge in [-0.3, -0.25) is 15.5 Å². The smallest absolute Gasteiger partial charge is 0.165 e. The summed E-state index contributed by atoms with van der Waals surface area (Å²) in [4.78, 5) is 23.5. The van der Waals surface area contributed by atoms with Crippen LogP contribution < -0.4 is 16.6 Å². The van der Waals surface area contributed by atoms with Crippen molar-refractivity contribution < 1.29 is 6.22 Å². The molecule has 0 saturated carbocycles. The number of benzene rings is 1. The number of nitrogens with zero attached hydrogens (tertiary/aromatic N) is 3. The molecule has 1 aliphatic heterocycles. The lowest BCUT2D eigenvalue weighted by atomic mass is 9.69. The van der Waals surface area contributed by atoms with Crippen molar-refractivity contribution in [2.24, 2.45) is 17.2 Å². The number of nitrogens with two attached hydrogens (primary N) is 1. The van der Waals surface area contributed by atoms with Crippen molar-refractivity contribution in [3.05, 3.63) is 80.9 Å². The number of hydrogen-bond acceptors (Lipinski definition) is 7. The molecule has 8 heteroatoms. The lowest BCUT2D eigenvalue weighted by Gasteiger charge is -2.34. The zero-order valence-electron chi connectivity index (χ0n) is 26.1. The van der Waals surface area contributed by atoms with Crippen molar-refractivity contribution in [3.8, 4) is 0 Å². The molecular formula is C34H49N6OS. The number of ketones is 1. The summed E-state index contributed by atoms with van der Waals surface area (Å²) in [5.41, 5.74) is 8.41. The van der Waals surface area contributed by atoms with Gasteiger partial charge in [0.05, 0.1) is 17.9 Å². The van der Waals surface area contributed by atoms with Crippen LogP contribution in [0.4, 0.5) is 11.4 Å². The van der Waals surface area contributed by atoms with E-state index in [2.05, 4.69) is 86.1 Å². The summed E-state index contributed by atoms with van der Waals surface area (Å²) in [6.45, 7) is 17.6. The maximum atomic E-state index is 13.7. The van der Waals surface area contributed by atoms with Crippen molar-refractivity contribution in [3.63, 3.8) is 0 Å². The molecule has 1 fully saturated rings. The highest BCUT2D eigenvalue weighted by Gasteiger charge is 2.43. The number of hydrazine groups is 1. The maximum Gasteiger partial charge on any atom is 0.165 e. The standard InChI is InChI=1S/C34H47N6OS.H2/c1-7-24-13-16-39(17-14-24)21-30-37-15-18-40(30)20-26-19-29(42-23(26)4)31(34(5,6)33(41)25-9-10-25)27-11-12-28(36-8-2)32(38-35)22(27)3;/h9-12,15,18-19,24,31,36,38H,7-8,13-14,16-17,20-21,35H2,1-6H3;1H/t31-;/m1./s1. The highest BCUT2D eigenvalue weighted by molar-refractivity contribution is 7.12. The molecule has 1 aliphatic carbocycles. The van der Waals surface area contributed by atoms with Crippen LogP contribution in [0.1, 0.15) is 86.6 Å².